The SMILES string of the molecule is C=CCNC(=S)NN=Cc1ccc(OCCOc2ccc(Br)cc2)cc1. The summed E-state index contributed by atoms with van der Waals surface area (Å²) in [5.74, 6) is 1.59. The number of hydrogen-bond acceptors (Lipinski definition) is 4. The van der Waals surface area contributed by atoms with Crippen LogP contribution < -0.4 is 20.2 Å². The highest BCUT2D eigenvalue weighted by molar-refractivity contribution is 9.10. The van der Waals surface area contributed by atoms with Crippen LogP contribution in [0.25, 0.3) is 0 Å². The molecule has 5 nitrogen and oxygen atoms in total. The minimum atomic E-state index is 0.451. The molecule has 26 heavy (non-hydrogen) atoms. The number of nitrogens with one attached hydrogen (secondary N) is 2. The molecule has 0 aromatic heterocycles. The first-order valence-electron chi connectivity index (χ1n) is 7.96. The van der Waals surface area contributed by atoms with Crippen LogP contribution in [0.5, 0.6) is 11.5 Å². The van der Waals surface area contributed by atoms with Crippen molar-refractivity contribution in [2.24, 2.45) is 5.10 Å². The molecule has 0 fully saturated rings. The Bertz CT molecular complexity index is 733. The van der Waals surface area contributed by atoms with E-state index in [2.05, 4.69) is 38.4 Å². The average Bonchev–Trinajstić information content (AvgIpc) is 2.66. The zero-order valence-corrected chi connectivity index (χ0v) is 16.6. The summed E-state index contributed by atoms with van der Waals surface area (Å²) >= 11 is 8.43. The molecule has 0 bridgehead atoms. The lowest BCUT2D eigenvalue weighted by atomic mass is 10.2. The molecule has 0 heterocycles. The van der Waals surface area contributed by atoms with Gasteiger partial charge in [0.1, 0.15) is 24.7 Å². The molecular weight excluding hydrogens is 414 g/mol. The van der Waals surface area contributed by atoms with Crippen molar-refractivity contribution in [1.82, 2.24) is 10.7 Å². The number of benzene rings is 2. The van der Waals surface area contributed by atoms with E-state index in [0.29, 0.717) is 24.9 Å². The first kappa shape index (κ1) is 19.9. The zero-order valence-electron chi connectivity index (χ0n) is 14.2. The summed E-state index contributed by atoms with van der Waals surface area (Å²) in [5.41, 5.74) is 3.67. The molecule has 7 heteroatoms. The zero-order chi connectivity index (χ0) is 18.6. The maximum atomic E-state index is 5.66. The molecule has 0 saturated heterocycles. The second kappa shape index (κ2) is 11.3. The Hall–Kier alpha value is -2.38. The minimum absolute atomic E-state index is 0.451. The summed E-state index contributed by atoms with van der Waals surface area (Å²) in [6, 6.07) is 15.3. The molecule has 2 N–H and O–H groups in total. The molecule has 2 aromatic carbocycles. The van der Waals surface area contributed by atoms with Crippen molar-refractivity contribution in [3.8, 4) is 11.5 Å². The molecule has 0 aliphatic carbocycles. The molecule has 0 atom stereocenters. The van der Waals surface area contributed by atoms with Crippen LogP contribution >= 0.6 is 28.1 Å². The highest BCUT2D eigenvalue weighted by Crippen LogP contribution is 2.16. The first-order chi connectivity index (χ1) is 12.7. The maximum absolute atomic E-state index is 5.66. The Morgan fingerprint density at radius 2 is 1.62 bits per heavy atom. The van der Waals surface area contributed by atoms with E-state index in [4.69, 9.17) is 21.7 Å². The standard InChI is InChI=1S/C19H20BrN3O2S/c1-2-11-21-19(26)23-22-14-15-3-7-17(8-4-15)24-12-13-25-18-9-5-16(20)6-10-18/h2-10,14H,1,11-13H2,(H2,21,23,26). The third-order valence-electron chi connectivity index (χ3n) is 3.10. The van der Waals surface area contributed by atoms with Gasteiger partial charge in [-0.15, -0.1) is 6.58 Å². The largest absolute Gasteiger partial charge is 0.490 e. The molecule has 0 amide bonds. The van der Waals surface area contributed by atoms with Crippen LogP contribution in [0.3, 0.4) is 0 Å². The fourth-order valence-corrected chi connectivity index (χ4v) is 2.27. The molecule has 0 radical (unpaired) electrons. The van der Waals surface area contributed by atoms with E-state index in [1.807, 2.05) is 48.5 Å². The lowest BCUT2D eigenvalue weighted by Crippen LogP contribution is -2.31. The van der Waals surface area contributed by atoms with Crippen molar-refractivity contribution < 1.29 is 9.47 Å². The quantitative estimate of drug-likeness (QED) is 0.206. The number of hydrogen-bond donors (Lipinski definition) is 2. The van der Waals surface area contributed by atoms with E-state index < -0.39 is 0 Å². The van der Waals surface area contributed by atoms with Gasteiger partial charge in [0, 0.05) is 11.0 Å². The Balaban J connectivity index is 1.69. The van der Waals surface area contributed by atoms with Gasteiger partial charge in [-0.3, -0.25) is 5.43 Å². The van der Waals surface area contributed by atoms with Gasteiger partial charge in [-0.1, -0.05) is 22.0 Å². The number of hydrazone groups is 1. The van der Waals surface area contributed by atoms with Gasteiger partial charge >= 0.3 is 0 Å². The topological polar surface area (TPSA) is 54.9 Å². The van der Waals surface area contributed by atoms with Crippen molar-refractivity contribution in [2.45, 2.75) is 0 Å². The van der Waals surface area contributed by atoms with Gasteiger partial charge in [0.25, 0.3) is 0 Å². The molecule has 0 saturated carbocycles. The summed E-state index contributed by atoms with van der Waals surface area (Å²) in [6.07, 6.45) is 3.41. The minimum Gasteiger partial charge on any atom is -0.490 e. The first-order valence-corrected chi connectivity index (χ1v) is 9.16. The molecule has 0 aliphatic rings. The van der Waals surface area contributed by atoms with Gasteiger partial charge < -0.3 is 14.8 Å². The summed E-state index contributed by atoms with van der Waals surface area (Å²) in [5, 5.41) is 7.44. The second-order valence-electron chi connectivity index (χ2n) is 5.09. The third-order valence-corrected chi connectivity index (χ3v) is 3.87. The third kappa shape index (κ3) is 7.67. The molecular formula is C19H20BrN3O2S. The van der Waals surface area contributed by atoms with Crippen LogP contribution in [0.1, 0.15) is 5.56 Å². The van der Waals surface area contributed by atoms with E-state index in [9.17, 15) is 0 Å². The van der Waals surface area contributed by atoms with Crippen molar-refractivity contribution in [2.75, 3.05) is 19.8 Å². The molecule has 0 spiro atoms. The van der Waals surface area contributed by atoms with E-state index in [1.54, 1.807) is 12.3 Å². The lowest BCUT2D eigenvalue weighted by molar-refractivity contribution is 0.217. The van der Waals surface area contributed by atoms with Gasteiger partial charge in [0.2, 0.25) is 0 Å². The van der Waals surface area contributed by atoms with Crippen LogP contribution in [0, 0.1) is 0 Å². The van der Waals surface area contributed by atoms with Crippen LogP contribution in [0.2, 0.25) is 0 Å². The lowest BCUT2D eigenvalue weighted by Gasteiger charge is -2.08. The summed E-state index contributed by atoms with van der Waals surface area (Å²) in [6.45, 7) is 5.14. The van der Waals surface area contributed by atoms with E-state index >= 15 is 0 Å². The Labute approximate surface area is 167 Å². The van der Waals surface area contributed by atoms with E-state index in [0.717, 1.165) is 21.5 Å². The highest BCUT2D eigenvalue weighted by atomic mass is 79.9. The Morgan fingerprint density at radius 3 is 2.19 bits per heavy atom. The van der Waals surface area contributed by atoms with Crippen molar-refractivity contribution in [3.05, 3.63) is 71.2 Å². The smallest absolute Gasteiger partial charge is 0.187 e. The van der Waals surface area contributed by atoms with Crippen molar-refractivity contribution in [3.63, 3.8) is 0 Å². The van der Waals surface area contributed by atoms with Gasteiger partial charge in [-0.2, -0.15) is 5.10 Å². The fourth-order valence-electron chi connectivity index (χ4n) is 1.87. The molecule has 0 aliphatic heterocycles. The van der Waals surface area contributed by atoms with Crippen molar-refractivity contribution in [1.29, 1.82) is 0 Å². The number of rotatable bonds is 9. The van der Waals surface area contributed by atoms with E-state index in [-0.39, 0.29) is 0 Å². The fraction of sp³-hybridized carbons (Fsp3) is 0.158. The van der Waals surface area contributed by atoms with Gasteiger partial charge in [0.15, 0.2) is 5.11 Å². The van der Waals surface area contributed by atoms with E-state index in [1.165, 1.54) is 0 Å². The van der Waals surface area contributed by atoms with Gasteiger partial charge in [-0.25, -0.2) is 0 Å². The predicted molar refractivity (Wildman–Crippen MR) is 113 cm³/mol. The summed E-state index contributed by atoms with van der Waals surface area (Å²) in [4.78, 5) is 0. The summed E-state index contributed by atoms with van der Waals surface area (Å²) in [7, 11) is 0. The predicted octanol–water partition coefficient (Wildman–Crippen LogP) is 3.89. The van der Waals surface area contributed by atoms with Gasteiger partial charge in [-0.05, 0) is 66.3 Å². The Morgan fingerprint density at radius 1 is 1.04 bits per heavy atom. The number of ether oxygens (including phenoxy) is 2. The molecule has 0 unspecified atom stereocenters. The monoisotopic (exact) mass is 433 g/mol. The summed E-state index contributed by atoms with van der Waals surface area (Å²) < 4.78 is 12.3. The van der Waals surface area contributed by atoms with Crippen LogP contribution in [-0.2, 0) is 0 Å². The van der Waals surface area contributed by atoms with Crippen LogP contribution in [0.15, 0.2) is 70.8 Å². The van der Waals surface area contributed by atoms with Crippen molar-refractivity contribution >= 4 is 39.5 Å². The number of nitrogens with zero attached hydrogens (tertiary/aromatic N) is 1. The van der Waals surface area contributed by atoms with Crippen LogP contribution in [-0.4, -0.2) is 31.1 Å². The van der Waals surface area contributed by atoms with Crippen LogP contribution in [0.4, 0.5) is 0 Å². The number of halogens is 1. The highest BCUT2D eigenvalue weighted by Gasteiger charge is 1.97. The second-order valence-corrected chi connectivity index (χ2v) is 6.41. The number of thiocarbonyl (C=S) groups is 1. The molecule has 2 rings (SSSR count). The normalized spacial score (nSPS) is 10.3. The van der Waals surface area contributed by atoms with Gasteiger partial charge in [0.05, 0.1) is 6.21 Å². The molecule has 2 aromatic rings. The maximum Gasteiger partial charge on any atom is 0.187 e. The average molecular weight is 434 g/mol. The molecule has 136 valence electrons. The Kier molecular flexibility index (Phi) is 8.65.